The topological polar surface area (TPSA) is 79.5 Å². The van der Waals surface area contributed by atoms with E-state index in [1.54, 1.807) is 13.1 Å². The number of nitrogens with zero attached hydrogens (tertiary/aromatic N) is 1. The smallest absolute Gasteiger partial charge is 0.326 e. The molecule has 1 aromatic heterocycles. The fourth-order valence-corrected chi connectivity index (χ4v) is 3.38. The van der Waals surface area contributed by atoms with Crippen LogP contribution in [0.1, 0.15) is 17.3 Å². The molecule has 0 saturated carbocycles. The van der Waals surface area contributed by atoms with Gasteiger partial charge in [-0.05, 0) is 13.0 Å². The minimum Gasteiger partial charge on any atom is -0.453 e. The third kappa shape index (κ3) is 3.24. The molecule has 7 heteroatoms. The van der Waals surface area contributed by atoms with E-state index in [9.17, 15) is 14.4 Å². The Hall–Kier alpha value is -2.28. The Bertz CT molecular complexity index is 770. The highest BCUT2D eigenvalue weighted by molar-refractivity contribution is 8.00. The van der Waals surface area contributed by atoms with E-state index >= 15 is 0 Å². The normalized spacial score (nSPS) is 15.9. The Kier molecular flexibility index (Phi) is 4.38. The molecule has 1 aliphatic heterocycles. The van der Waals surface area contributed by atoms with Gasteiger partial charge in [0.2, 0.25) is 11.7 Å². The lowest BCUT2D eigenvalue weighted by atomic mass is 10.1. The van der Waals surface area contributed by atoms with E-state index in [1.165, 1.54) is 16.7 Å². The van der Waals surface area contributed by atoms with Crippen LogP contribution in [0.4, 0.5) is 0 Å². The van der Waals surface area contributed by atoms with Gasteiger partial charge in [-0.2, -0.15) is 0 Å². The molecule has 1 fully saturated rings. The van der Waals surface area contributed by atoms with Crippen molar-refractivity contribution in [3.05, 3.63) is 36.0 Å². The lowest BCUT2D eigenvalue weighted by molar-refractivity contribution is -0.150. The number of ether oxygens (including phenoxy) is 1. The average Bonchev–Trinajstić information content (AvgIpc) is 3.13. The summed E-state index contributed by atoms with van der Waals surface area (Å²) in [6.07, 6.45) is 0.727. The maximum absolute atomic E-state index is 12.5. The highest BCUT2D eigenvalue weighted by atomic mass is 32.2. The fourth-order valence-electron chi connectivity index (χ4n) is 2.48. The average molecular weight is 332 g/mol. The third-order valence-electron chi connectivity index (χ3n) is 3.68. The Morgan fingerprint density at radius 3 is 2.91 bits per heavy atom. The number of aromatic nitrogens is 1. The minimum absolute atomic E-state index is 0.0810. The van der Waals surface area contributed by atoms with Gasteiger partial charge in [-0.1, -0.05) is 18.2 Å². The molecule has 1 aliphatic rings. The summed E-state index contributed by atoms with van der Waals surface area (Å²) in [6, 6.07) is 7.44. The molecule has 2 aromatic rings. The number of H-pyrrole nitrogens is 1. The molecule has 0 radical (unpaired) electrons. The predicted octanol–water partition coefficient (Wildman–Crippen LogP) is 1.82. The molecule has 3 rings (SSSR count). The van der Waals surface area contributed by atoms with Gasteiger partial charge in [0.25, 0.3) is 0 Å². The molecular weight excluding hydrogens is 316 g/mol. The van der Waals surface area contributed by atoms with Crippen LogP contribution in [0.15, 0.2) is 30.5 Å². The summed E-state index contributed by atoms with van der Waals surface area (Å²) in [5.41, 5.74) is 1.35. The quantitative estimate of drug-likeness (QED) is 0.667. The maximum atomic E-state index is 12.5. The van der Waals surface area contributed by atoms with E-state index in [0.717, 1.165) is 10.9 Å². The van der Waals surface area contributed by atoms with Crippen LogP contribution >= 0.6 is 11.8 Å². The van der Waals surface area contributed by atoms with E-state index in [0.29, 0.717) is 17.2 Å². The lowest BCUT2D eigenvalue weighted by Crippen LogP contribution is -2.35. The summed E-state index contributed by atoms with van der Waals surface area (Å²) in [7, 11) is 0. The molecule has 0 unspecified atom stereocenters. The van der Waals surface area contributed by atoms with Crippen LogP contribution in [0.25, 0.3) is 10.9 Å². The number of carbonyl (C=O) groups is 3. The predicted molar refractivity (Wildman–Crippen MR) is 87.2 cm³/mol. The zero-order valence-corrected chi connectivity index (χ0v) is 13.4. The number of esters is 1. The van der Waals surface area contributed by atoms with Gasteiger partial charge < -0.3 is 14.6 Å². The Morgan fingerprint density at radius 1 is 1.39 bits per heavy atom. The van der Waals surface area contributed by atoms with Crippen molar-refractivity contribution in [1.82, 2.24) is 9.88 Å². The molecule has 120 valence electrons. The summed E-state index contributed by atoms with van der Waals surface area (Å²) in [5.74, 6) is -0.0439. The molecule has 0 bridgehead atoms. The van der Waals surface area contributed by atoms with Gasteiger partial charge in [0, 0.05) is 22.7 Å². The summed E-state index contributed by atoms with van der Waals surface area (Å²) in [6.45, 7) is 1.43. The van der Waals surface area contributed by atoms with Crippen molar-refractivity contribution in [2.24, 2.45) is 0 Å². The summed E-state index contributed by atoms with van der Waals surface area (Å²) in [5, 5.41) is 0.798. The number of carbonyl (C=O) groups excluding carboxylic acids is 3. The van der Waals surface area contributed by atoms with E-state index in [-0.39, 0.29) is 18.2 Å². The second-order valence-corrected chi connectivity index (χ2v) is 6.27. The summed E-state index contributed by atoms with van der Waals surface area (Å²) < 4.78 is 5.19. The number of amides is 1. The first-order valence-corrected chi connectivity index (χ1v) is 8.37. The van der Waals surface area contributed by atoms with Crippen molar-refractivity contribution in [2.75, 3.05) is 18.2 Å². The van der Waals surface area contributed by atoms with Crippen LogP contribution < -0.4 is 0 Å². The van der Waals surface area contributed by atoms with Gasteiger partial charge in [-0.15, -0.1) is 11.8 Å². The Morgan fingerprint density at radius 2 is 2.17 bits per heavy atom. The number of hydrogen-bond donors (Lipinski definition) is 1. The standard InChI is InChI=1S/C16H16N2O4S/c1-10(22-15(20)7-18-9-23-8-14(18)19)16(21)12-6-17-13-5-3-2-4-11(12)13/h2-6,10,17H,7-9H2,1H3/t10-/m1/s1. The maximum Gasteiger partial charge on any atom is 0.326 e. The van der Waals surface area contributed by atoms with E-state index in [4.69, 9.17) is 4.74 Å². The molecule has 1 amide bonds. The molecule has 0 aliphatic carbocycles. The first-order valence-electron chi connectivity index (χ1n) is 7.21. The third-order valence-corrected chi connectivity index (χ3v) is 4.62. The van der Waals surface area contributed by atoms with Crippen LogP contribution in [-0.2, 0) is 14.3 Å². The van der Waals surface area contributed by atoms with Crippen molar-refractivity contribution < 1.29 is 19.1 Å². The number of para-hydroxylation sites is 1. The molecule has 1 saturated heterocycles. The highest BCUT2D eigenvalue weighted by Crippen LogP contribution is 2.20. The van der Waals surface area contributed by atoms with Crippen molar-refractivity contribution in [3.8, 4) is 0 Å². The van der Waals surface area contributed by atoms with E-state index in [1.807, 2.05) is 24.3 Å². The van der Waals surface area contributed by atoms with Crippen LogP contribution in [0, 0.1) is 0 Å². The van der Waals surface area contributed by atoms with Crippen LogP contribution in [0.3, 0.4) is 0 Å². The first-order chi connectivity index (χ1) is 11.1. The second kappa shape index (κ2) is 6.45. The van der Waals surface area contributed by atoms with Crippen LogP contribution in [0.2, 0.25) is 0 Å². The molecule has 6 nitrogen and oxygen atoms in total. The molecule has 1 atom stereocenters. The van der Waals surface area contributed by atoms with Gasteiger partial charge >= 0.3 is 5.97 Å². The first kappa shape index (κ1) is 15.6. The molecule has 2 heterocycles. The second-order valence-electron chi connectivity index (χ2n) is 5.31. The van der Waals surface area contributed by atoms with Gasteiger partial charge in [-0.3, -0.25) is 14.4 Å². The molecular formula is C16H16N2O4S. The number of Topliss-reactive ketones (excluding diaryl/α,β-unsaturated/α-hetero) is 1. The number of thioether (sulfide) groups is 1. The van der Waals surface area contributed by atoms with E-state index < -0.39 is 12.1 Å². The van der Waals surface area contributed by atoms with Crippen molar-refractivity contribution in [1.29, 1.82) is 0 Å². The fraction of sp³-hybridized carbons (Fsp3) is 0.312. The zero-order valence-electron chi connectivity index (χ0n) is 12.6. The lowest BCUT2D eigenvalue weighted by Gasteiger charge is -2.16. The monoisotopic (exact) mass is 332 g/mol. The Labute approximate surface area is 137 Å². The Balaban J connectivity index is 1.65. The largest absolute Gasteiger partial charge is 0.453 e. The van der Waals surface area contributed by atoms with Gasteiger partial charge in [0.05, 0.1) is 11.6 Å². The summed E-state index contributed by atoms with van der Waals surface area (Å²) >= 11 is 1.45. The molecule has 23 heavy (non-hydrogen) atoms. The van der Waals surface area contributed by atoms with Crippen molar-refractivity contribution in [2.45, 2.75) is 13.0 Å². The van der Waals surface area contributed by atoms with Gasteiger partial charge in [0.15, 0.2) is 6.10 Å². The zero-order chi connectivity index (χ0) is 16.4. The highest BCUT2D eigenvalue weighted by Gasteiger charge is 2.26. The van der Waals surface area contributed by atoms with Gasteiger partial charge in [-0.25, -0.2) is 0 Å². The summed E-state index contributed by atoms with van der Waals surface area (Å²) in [4.78, 5) is 40.3. The molecule has 1 N–H and O–H groups in total. The SMILES string of the molecule is C[C@@H](OC(=O)CN1CSCC1=O)C(=O)c1c[nH]c2ccccc12. The number of aromatic amines is 1. The van der Waals surface area contributed by atoms with Crippen LogP contribution in [0.5, 0.6) is 0 Å². The number of ketones is 1. The van der Waals surface area contributed by atoms with Crippen LogP contribution in [-0.4, -0.2) is 51.8 Å². The van der Waals surface area contributed by atoms with Crippen molar-refractivity contribution in [3.63, 3.8) is 0 Å². The number of fused-ring (bicyclic) bond motifs is 1. The van der Waals surface area contributed by atoms with E-state index in [2.05, 4.69) is 4.98 Å². The number of nitrogens with one attached hydrogen (secondary N) is 1. The van der Waals surface area contributed by atoms with Crippen molar-refractivity contribution >= 4 is 40.3 Å². The molecule has 0 spiro atoms. The minimum atomic E-state index is -0.896. The number of rotatable bonds is 5. The molecule has 1 aromatic carbocycles. The number of benzene rings is 1. The number of hydrogen-bond acceptors (Lipinski definition) is 5. The van der Waals surface area contributed by atoms with Gasteiger partial charge in [0.1, 0.15) is 6.54 Å².